The quantitative estimate of drug-likeness (QED) is 0.0590. The van der Waals surface area contributed by atoms with Crippen molar-refractivity contribution in [1.82, 2.24) is 19.9 Å². The largest absolute Gasteiger partial charge is 0.365 e. The molecule has 2 atom stereocenters. The molecule has 6 rings (SSSR count). The average molecular weight is 827 g/mol. The van der Waals surface area contributed by atoms with Crippen LogP contribution < -0.4 is 0 Å². The normalized spacial score (nSPS) is 20.4. The lowest BCUT2D eigenvalue weighted by Gasteiger charge is -2.40. The van der Waals surface area contributed by atoms with Gasteiger partial charge < -0.3 is 4.74 Å². The second-order valence-corrected chi connectivity index (χ2v) is 19.2. The molecule has 2 fully saturated rings. The van der Waals surface area contributed by atoms with Crippen molar-refractivity contribution >= 4 is 0 Å². The van der Waals surface area contributed by atoms with Gasteiger partial charge in [-0.05, 0) is 86.2 Å². The first-order valence-corrected chi connectivity index (χ1v) is 25.6. The van der Waals surface area contributed by atoms with E-state index in [0.717, 1.165) is 58.6 Å². The molecule has 4 aromatic rings. The number of hydrogen-bond acceptors (Lipinski definition) is 5. The summed E-state index contributed by atoms with van der Waals surface area (Å²) in [5, 5.41) is 0. The Kier molecular flexibility index (Phi) is 20.2. The molecule has 61 heavy (non-hydrogen) atoms. The summed E-state index contributed by atoms with van der Waals surface area (Å²) in [6, 6.07) is 18.5. The Morgan fingerprint density at radius 1 is 0.426 bits per heavy atom. The average Bonchev–Trinajstić information content (AvgIpc) is 3.31. The van der Waals surface area contributed by atoms with Gasteiger partial charge in [0.2, 0.25) is 0 Å². The summed E-state index contributed by atoms with van der Waals surface area (Å²) >= 11 is 0. The van der Waals surface area contributed by atoms with Crippen LogP contribution in [0.5, 0.6) is 0 Å². The summed E-state index contributed by atoms with van der Waals surface area (Å²) in [4.78, 5) is 19.4. The van der Waals surface area contributed by atoms with Gasteiger partial charge in [-0.2, -0.15) is 0 Å². The van der Waals surface area contributed by atoms with E-state index in [1.54, 1.807) is 0 Å². The van der Waals surface area contributed by atoms with Gasteiger partial charge >= 0.3 is 0 Å². The minimum Gasteiger partial charge on any atom is -0.365 e. The number of ether oxygens (including phenoxy) is 1. The number of rotatable bonds is 26. The lowest BCUT2D eigenvalue weighted by atomic mass is 9.74. The van der Waals surface area contributed by atoms with Gasteiger partial charge in [-0.1, -0.05) is 192 Å². The van der Waals surface area contributed by atoms with Gasteiger partial charge in [0, 0.05) is 23.5 Å². The summed E-state index contributed by atoms with van der Waals surface area (Å²) in [6.45, 7) is 9.21. The van der Waals surface area contributed by atoms with Crippen molar-refractivity contribution < 1.29 is 4.74 Å². The van der Waals surface area contributed by atoms with Gasteiger partial charge in [0.1, 0.15) is 0 Å². The van der Waals surface area contributed by atoms with E-state index in [0.29, 0.717) is 11.8 Å². The van der Waals surface area contributed by atoms with E-state index in [-0.39, 0.29) is 12.2 Å². The molecule has 2 aromatic carbocycles. The third-order valence-electron chi connectivity index (χ3n) is 14.4. The Labute approximate surface area is 372 Å². The van der Waals surface area contributed by atoms with Gasteiger partial charge in [0.05, 0.1) is 47.4 Å². The van der Waals surface area contributed by atoms with Crippen molar-refractivity contribution in [2.24, 2.45) is 23.7 Å². The SMILES string of the molecule is CCCCCCCc1cnc(-c2ccc(C(OC(c3ccc(-c4cnc(CCCCCCC)cn4)cc3)[C@H]3CC[C@H](CCCC)CC3)[C@H]3CC[C@H](CCCC)CC3)cc2)cn1. The third kappa shape index (κ3) is 14.8. The summed E-state index contributed by atoms with van der Waals surface area (Å²) in [5.74, 6) is 2.76. The van der Waals surface area contributed by atoms with Crippen LogP contribution in [0.3, 0.4) is 0 Å². The number of nitrogens with zero attached hydrogens (tertiary/aromatic N) is 4. The van der Waals surface area contributed by atoms with Crippen LogP contribution in [0.25, 0.3) is 22.5 Å². The molecule has 2 heterocycles. The van der Waals surface area contributed by atoms with Gasteiger partial charge in [-0.3, -0.25) is 19.9 Å². The second kappa shape index (κ2) is 26.2. The Bertz CT molecular complexity index is 1610. The number of benzene rings is 2. The first kappa shape index (κ1) is 47.0. The Hall–Kier alpha value is -3.44. The molecule has 2 saturated carbocycles. The van der Waals surface area contributed by atoms with E-state index >= 15 is 0 Å². The minimum atomic E-state index is 0.0604. The minimum absolute atomic E-state index is 0.0604. The van der Waals surface area contributed by atoms with E-state index in [1.807, 2.05) is 24.8 Å². The van der Waals surface area contributed by atoms with Gasteiger partial charge in [-0.15, -0.1) is 0 Å². The first-order valence-electron chi connectivity index (χ1n) is 25.6. The van der Waals surface area contributed by atoms with E-state index in [2.05, 4.69) is 76.2 Å². The fraction of sp³-hybridized carbons (Fsp3) is 0.643. The maximum Gasteiger partial charge on any atom is 0.0885 e. The molecule has 0 spiro atoms. The van der Waals surface area contributed by atoms with E-state index in [9.17, 15) is 0 Å². The molecular formula is C56H82N4O. The highest BCUT2D eigenvalue weighted by Crippen LogP contribution is 2.47. The maximum absolute atomic E-state index is 7.73. The maximum atomic E-state index is 7.73. The van der Waals surface area contributed by atoms with Crippen LogP contribution >= 0.6 is 0 Å². The van der Waals surface area contributed by atoms with Gasteiger partial charge in [0.25, 0.3) is 0 Å². The number of unbranched alkanes of at least 4 members (excludes halogenated alkanes) is 10. The predicted octanol–water partition coefficient (Wildman–Crippen LogP) is 16.4. The molecule has 2 aliphatic rings. The summed E-state index contributed by atoms with van der Waals surface area (Å²) in [5.41, 5.74) is 9.01. The summed E-state index contributed by atoms with van der Waals surface area (Å²) in [6.07, 6.45) is 41.2. The Morgan fingerprint density at radius 2 is 0.803 bits per heavy atom. The smallest absolute Gasteiger partial charge is 0.0885 e. The first-order chi connectivity index (χ1) is 30.1. The molecule has 0 aliphatic heterocycles. The molecule has 2 unspecified atom stereocenters. The standard InChI is InChI=1S/C56H82N4O/c1-5-9-13-15-17-21-51-39-59-53(41-57-51)45-31-35-49(36-32-45)55(47-27-23-43(24-28-47)19-11-7-3)61-56(48-29-25-44(26-30-48)20-12-8-4)50-37-33-46(34-38-50)54-42-58-52(40-60-54)22-18-16-14-10-6-2/h31-44,47-48,55-56H,5-30H2,1-4H3/t43-,44-,47-,48-,55?,56?. The van der Waals surface area contributed by atoms with Crippen molar-refractivity contribution in [1.29, 1.82) is 0 Å². The van der Waals surface area contributed by atoms with Crippen LogP contribution in [-0.4, -0.2) is 19.9 Å². The van der Waals surface area contributed by atoms with Crippen molar-refractivity contribution in [2.75, 3.05) is 0 Å². The number of aromatic nitrogens is 4. The fourth-order valence-corrected chi connectivity index (χ4v) is 10.4. The third-order valence-corrected chi connectivity index (χ3v) is 14.4. The van der Waals surface area contributed by atoms with Crippen LogP contribution in [0, 0.1) is 23.7 Å². The van der Waals surface area contributed by atoms with E-state index in [4.69, 9.17) is 24.7 Å². The van der Waals surface area contributed by atoms with Crippen molar-refractivity contribution in [2.45, 2.75) is 207 Å². The monoisotopic (exact) mass is 827 g/mol. The lowest BCUT2D eigenvalue weighted by Crippen LogP contribution is -2.28. The molecule has 332 valence electrons. The molecule has 0 radical (unpaired) electrons. The van der Waals surface area contributed by atoms with Crippen molar-refractivity contribution in [3.8, 4) is 22.5 Å². The summed E-state index contributed by atoms with van der Waals surface area (Å²) in [7, 11) is 0. The van der Waals surface area contributed by atoms with Crippen LogP contribution in [0.15, 0.2) is 73.3 Å². The molecule has 5 heteroatoms. The molecule has 0 N–H and O–H groups in total. The number of aryl methyl sites for hydroxylation is 2. The molecule has 0 amide bonds. The highest BCUT2D eigenvalue weighted by Gasteiger charge is 2.36. The predicted molar refractivity (Wildman–Crippen MR) is 256 cm³/mol. The Morgan fingerprint density at radius 3 is 1.15 bits per heavy atom. The topological polar surface area (TPSA) is 60.8 Å². The zero-order chi connectivity index (χ0) is 42.5. The molecule has 0 bridgehead atoms. The number of hydrogen-bond donors (Lipinski definition) is 0. The van der Waals surface area contributed by atoms with Crippen LogP contribution in [0.1, 0.15) is 217 Å². The Balaban J connectivity index is 1.21. The van der Waals surface area contributed by atoms with E-state index in [1.165, 1.54) is 165 Å². The van der Waals surface area contributed by atoms with Gasteiger partial charge in [-0.25, -0.2) is 0 Å². The molecule has 2 aliphatic carbocycles. The summed E-state index contributed by atoms with van der Waals surface area (Å²) < 4.78 is 7.73. The second-order valence-electron chi connectivity index (χ2n) is 19.2. The highest BCUT2D eigenvalue weighted by atomic mass is 16.5. The van der Waals surface area contributed by atoms with Crippen molar-refractivity contribution in [3.05, 3.63) is 95.8 Å². The molecule has 2 aromatic heterocycles. The molecular weight excluding hydrogens is 745 g/mol. The molecule has 5 nitrogen and oxygen atoms in total. The molecule has 0 saturated heterocycles. The van der Waals surface area contributed by atoms with Crippen molar-refractivity contribution in [3.63, 3.8) is 0 Å². The van der Waals surface area contributed by atoms with E-state index < -0.39 is 0 Å². The van der Waals surface area contributed by atoms with Crippen LogP contribution in [-0.2, 0) is 17.6 Å². The highest BCUT2D eigenvalue weighted by molar-refractivity contribution is 5.59. The lowest BCUT2D eigenvalue weighted by molar-refractivity contribution is -0.0907. The fourth-order valence-electron chi connectivity index (χ4n) is 10.4. The van der Waals surface area contributed by atoms with Crippen LogP contribution in [0.2, 0.25) is 0 Å². The zero-order valence-corrected chi connectivity index (χ0v) is 39.0. The van der Waals surface area contributed by atoms with Crippen LogP contribution in [0.4, 0.5) is 0 Å². The van der Waals surface area contributed by atoms with Gasteiger partial charge in [0.15, 0.2) is 0 Å². The zero-order valence-electron chi connectivity index (χ0n) is 39.0.